The van der Waals surface area contributed by atoms with Crippen LogP contribution in [-0.2, 0) is 11.2 Å². The molecule has 0 radical (unpaired) electrons. The predicted molar refractivity (Wildman–Crippen MR) is 71.7 cm³/mol. The molecule has 0 saturated carbocycles. The second-order valence-corrected chi connectivity index (χ2v) is 4.61. The molecule has 0 aromatic heterocycles. The lowest BCUT2D eigenvalue weighted by Crippen LogP contribution is -2.31. The first kappa shape index (κ1) is 13.3. The van der Waals surface area contributed by atoms with Crippen molar-refractivity contribution in [2.24, 2.45) is 0 Å². The highest BCUT2D eigenvalue weighted by molar-refractivity contribution is 5.58. The molecule has 18 heavy (non-hydrogen) atoms. The van der Waals surface area contributed by atoms with E-state index in [1.54, 1.807) is 19.2 Å². The molecule has 0 amide bonds. The molecule has 0 unspecified atom stereocenters. The first-order valence-corrected chi connectivity index (χ1v) is 6.54. The standard InChI is InChI=1S/C14H21FN2O/c1-18-10-2-6-16-7-9-17-8-5-12-3-4-13(15)11-14(12)17/h3-4,11,16H,2,5-10H2,1H3. The van der Waals surface area contributed by atoms with Gasteiger partial charge < -0.3 is 15.0 Å². The van der Waals surface area contributed by atoms with Crippen molar-refractivity contribution < 1.29 is 9.13 Å². The van der Waals surface area contributed by atoms with E-state index in [9.17, 15) is 4.39 Å². The van der Waals surface area contributed by atoms with Gasteiger partial charge in [-0.05, 0) is 37.1 Å². The Morgan fingerprint density at radius 2 is 2.28 bits per heavy atom. The van der Waals surface area contributed by atoms with Gasteiger partial charge in [0, 0.05) is 39.0 Å². The van der Waals surface area contributed by atoms with Crippen molar-refractivity contribution in [1.29, 1.82) is 0 Å². The fourth-order valence-corrected chi connectivity index (χ4v) is 2.33. The van der Waals surface area contributed by atoms with Crippen molar-refractivity contribution in [3.63, 3.8) is 0 Å². The van der Waals surface area contributed by atoms with Crippen LogP contribution < -0.4 is 10.2 Å². The Labute approximate surface area is 108 Å². The molecule has 0 bridgehead atoms. The zero-order valence-corrected chi connectivity index (χ0v) is 10.9. The summed E-state index contributed by atoms with van der Waals surface area (Å²) in [6, 6.07) is 5.09. The lowest BCUT2D eigenvalue weighted by atomic mass is 10.2. The topological polar surface area (TPSA) is 24.5 Å². The van der Waals surface area contributed by atoms with Gasteiger partial charge in [0.2, 0.25) is 0 Å². The van der Waals surface area contributed by atoms with E-state index in [0.717, 1.165) is 51.3 Å². The van der Waals surface area contributed by atoms with Gasteiger partial charge in [0.1, 0.15) is 5.82 Å². The first-order valence-electron chi connectivity index (χ1n) is 6.54. The van der Waals surface area contributed by atoms with E-state index in [1.807, 2.05) is 6.07 Å². The van der Waals surface area contributed by atoms with Gasteiger partial charge in [0.15, 0.2) is 0 Å². The van der Waals surface area contributed by atoms with Crippen molar-refractivity contribution in [1.82, 2.24) is 5.32 Å². The molecule has 1 aromatic rings. The van der Waals surface area contributed by atoms with Crippen LogP contribution >= 0.6 is 0 Å². The van der Waals surface area contributed by atoms with E-state index in [0.29, 0.717) is 0 Å². The number of hydrogen-bond acceptors (Lipinski definition) is 3. The highest BCUT2D eigenvalue weighted by Crippen LogP contribution is 2.27. The smallest absolute Gasteiger partial charge is 0.125 e. The molecule has 1 N–H and O–H groups in total. The van der Waals surface area contributed by atoms with Crippen molar-refractivity contribution in [3.05, 3.63) is 29.6 Å². The number of anilines is 1. The van der Waals surface area contributed by atoms with Gasteiger partial charge in [-0.2, -0.15) is 0 Å². The second-order valence-electron chi connectivity index (χ2n) is 4.61. The van der Waals surface area contributed by atoms with Gasteiger partial charge >= 0.3 is 0 Å². The maximum Gasteiger partial charge on any atom is 0.125 e. The van der Waals surface area contributed by atoms with E-state index in [2.05, 4.69) is 10.2 Å². The summed E-state index contributed by atoms with van der Waals surface area (Å²) in [5.41, 5.74) is 2.32. The third kappa shape index (κ3) is 3.43. The molecule has 1 aromatic carbocycles. The van der Waals surface area contributed by atoms with Crippen LogP contribution in [0, 0.1) is 5.82 Å². The van der Waals surface area contributed by atoms with Crippen LogP contribution in [0.2, 0.25) is 0 Å². The summed E-state index contributed by atoms with van der Waals surface area (Å²) in [7, 11) is 1.72. The maximum absolute atomic E-state index is 13.2. The average molecular weight is 252 g/mol. The largest absolute Gasteiger partial charge is 0.385 e. The van der Waals surface area contributed by atoms with Crippen LogP contribution in [0.25, 0.3) is 0 Å². The van der Waals surface area contributed by atoms with E-state index in [-0.39, 0.29) is 5.82 Å². The summed E-state index contributed by atoms with van der Waals surface area (Å²) in [5, 5.41) is 3.38. The predicted octanol–water partition coefficient (Wildman–Crippen LogP) is 1.81. The number of fused-ring (bicyclic) bond motifs is 1. The average Bonchev–Trinajstić information content (AvgIpc) is 2.76. The SMILES string of the molecule is COCCCNCCN1CCc2ccc(F)cc21. The Morgan fingerprint density at radius 3 is 3.11 bits per heavy atom. The number of ether oxygens (including phenoxy) is 1. The molecule has 2 rings (SSSR count). The zero-order valence-electron chi connectivity index (χ0n) is 10.9. The Kier molecular flexibility index (Phi) is 4.96. The van der Waals surface area contributed by atoms with Crippen LogP contribution in [0.3, 0.4) is 0 Å². The van der Waals surface area contributed by atoms with Crippen molar-refractivity contribution in [2.45, 2.75) is 12.8 Å². The molecule has 0 fully saturated rings. The van der Waals surface area contributed by atoms with Gasteiger partial charge in [-0.25, -0.2) is 4.39 Å². The molecule has 1 heterocycles. The van der Waals surface area contributed by atoms with Gasteiger partial charge in [0.05, 0.1) is 0 Å². The summed E-state index contributed by atoms with van der Waals surface area (Å²) in [5.74, 6) is -0.145. The number of nitrogens with zero attached hydrogens (tertiary/aromatic N) is 1. The second kappa shape index (κ2) is 6.71. The summed E-state index contributed by atoms with van der Waals surface area (Å²) in [6.07, 6.45) is 2.06. The highest BCUT2D eigenvalue weighted by Gasteiger charge is 2.18. The van der Waals surface area contributed by atoms with E-state index < -0.39 is 0 Å². The van der Waals surface area contributed by atoms with Crippen molar-refractivity contribution >= 4 is 5.69 Å². The van der Waals surface area contributed by atoms with Crippen molar-refractivity contribution in [2.75, 3.05) is 44.8 Å². The highest BCUT2D eigenvalue weighted by atomic mass is 19.1. The summed E-state index contributed by atoms with van der Waals surface area (Å²) in [6.45, 7) is 4.63. The Morgan fingerprint density at radius 1 is 1.39 bits per heavy atom. The molecule has 100 valence electrons. The van der Waals surface area contributed by atoms with Crippen molar-refractivity contribution in [3.8, 4) is 0 Å². The number of halogens is 1. The van der Waals surface area contributed by atoms with Crippen LogP contribution in [0.4, 0.5) is 10.1 Å². The third-order valence-electron chi connectivity index (χ3n) is 3.30. The van der Waals surface area contributed by atoms with Crippen LogP contribution in [0.5, 0.6) is 0 Å². The molecule has 0 aliphatic carbocycles. The number of benzene rings is 1. The number of methoxy groups -OCH3 is 1. The fourth-order valence-electron chi connectivity index (χ4n) is 2.33. The Bertz CT molecular complexity index is 384. The molecule has 0 atom stereocenters. The van der Waals surface area contributed by atoms with Crippen LogP contribution in [0.15, 0.2) is 18.2 Å². The summed E-state index contributed by atoms with van der Waals surface area (Å²) < 4.78 is 18.2. The van der Waals surface area contributed by atoms with Crippen LogP contribution in [-0.4, -0.2) is 39.9 Å². The van der Waals surface area contributed by atoms with E-state index in [1.165, 1.54) is 5.56 Å². The first-order chi connectivity index (χ1) is 8.81. The Balaban J connectivity index is 1.74. The van der Waals surface area contributed by atoms with Gasteiger partial charge in [-0.3, -0.25) is 0 Å². The number of hydrogen-bond donors (Lipinski definition) is 1. The van der Waals surface area contributed by atoms with E-state index >= 15 is 0 Å². The molecule has 1 aliphatic rings. The molecule has 0 spiro atoms. The van der Waals surface area contributed by atoms with Gasteiger partial charge in [0.25, 0.3) is 0 Å². The minimum Gasteiger partial charge on any atom is -0.385 e. The molecule has 1 aliphatic heterocycles. The minimum atomic E-state index is -0.145. The summed E-state index contributed by atoms with van der Waals surface area (Å²) in [4.78, 5) is 2.25. The minimum absolute atomic E-state index is 0.145. The summed E-state index contributed by atoms with van der Waals surface area (Å²) >= 11 is 0. The molecule has 0 saturated heterocycles. The molecule has 4 heteroatoms. The van der Waals surface area contributed by atoms with Gasteiger partial charge in [-0.1, -0.05) is 6.07 Å². The Hall–Kier alpha value is -1.13. The van der Waals surface area contributed by atoms with Crippen LogP contribution in [0.1, 0.15) is 12.0 Å². The monoisotopic (exact) mass is 252 g/mol. The van der Waals surface area contributed by atoms with Gasteiger partial charge in [-0.15, -0.1) is 0 Å². The third-order valence-corrected chi connectivity index (χ3v) is 3.30. The molecular formula is C14H21FN2O. The quantitative estimate of drug-likeness (QED) is 0.749. The fraction of sp³-hybridized carbons (Fsp3) is 0.571. The molecular weight excluding hydrogens is 231 g/mol. The number of rotatable bonds is 7. The maximum atomic E-state index is 13.2. The number of nitrogens with one attached hydrogen (secondary N) is 1. The lowest BCUT2D eigenvalue weighted by Gasteiger charge is -2.19. The lowest BCUT2D eigenvalue weighted by molar-refractivity contribution is 0.194. The molecule has 3 nitrogen and oxygen atoms in total. The van der Waals surface area contributed by atoms with E-state index in [4.69, 9.17) is 4.74 Å². The zero-order chi connectivity index (χ0) is 12.8. The normalized spacial score (nSPS) is 14.0.